The molecule has 1 aliphatic heterocycles. The Morgan fingerprint density at radius 1 is 1.53 bits per heavy atom. The highest BCUT2D eigenvalue weighted by molar-refractivity contribution is 5.28. The molecule has 2 rings (SSSR count). The second kappa shape index (κ2) is 4.62. The zero-order chi connectivity index (χ0) is 10.7. The van der Waals surface area contributed by atoms with Gasteiger partial charge in [0.15, 0.2) is 0 Å². The van der Waals surface area contributed by atoms with Crippen LogP contribution in [0.3, 0.4) is 0 Å². The summed E-state index contributed by atoms with van der Waals surface area (Å²) in [4.78, 5) is 0. The fraction of sp³-hybridized carbons (Fsp3) is 0.500. The molecule has 0 aromatic heterocycles. The van der Waals surface area contributed by atoms with E-state index in [9.17, 15) is 4.39 Å². The van der Waals surface area contributed by atoms with Gasteiger partial charge in [0.05, 0.1) is 6.61 Å². The van der Waals surface area contributed by atoms with E-state index in [1.807, 2.05) is 0 Å². The Hall–Kier alpha value is -1.09. The average Bonchev–Trinajstić information content (AvgIpc) is 2.73. The summed E-state index contributed by atoms with van der Waals surface area (Å²) in [6.45, 7) is 4.58. The Bertz CT molecular complexity index is 334. The lowest BCUT2D eigenvalue weighted by molar-refractivity contribution is 0.259. The monoisotopic (exact) mass is 209 g/mol. The molecule has 15 heavy (non-hydrogen) atoms. The second-order valence-corrected chi connectivity index (χ2v) is 4.08. The standard InChI is InChI=1S/C12H16FNO/c1-9-6-11(2-3-12(9)13)15-8-10-4-5-14-7-10/h2-3,6,10,14H,4-5,7-8H2,1H3/t10-/m1/s1. The van der Waals surface area contributed by atoms with Crippen LogP contribution in [0.4, 0.5) is 4.39 Å². The van der Waals surface area contributed by atoms with Gasteiger partial charge in [-0.3, -0.25) is 0 Å². The number of ether oxygens (including phenoxy) is 1. The number of aryl methyl sites for hydroxylation is 1. The van der Waals surface area contributed by atoms with Gasteiger partial charge in [0, 0.05) is 12.5 Å². The summed E-state index contributed by atoms with van der Waals surface area (Å²) in [6, 6.07) is 4.89. The summed E-state index contributed by atoms with van der Waals surface area (Å²) >= 11 is 0. The molecule has 0 bridgehead atoms. The highest BCUT2D eigenvalue weighted by atomic mass is 19.1. The lowest BCUT2D eigenvalue weighted by Crippen LogP contribution is -2.15. The molecule has 1 saturated heterocycles. The van der Waals surface area contributed by atoms with Crippen molar-refractivity contribution in [3.8, 4) is 5.75 Å². The van der Waals surface area contributed by atoms with Gasteiger partial charge in [-0.2, -0.15) is 0 Å². The SMILES string of the molecule is Cc1cc(OC[C@@H]2CCNC2)ccc1F. The molecule has 1 fully saturated rings. The van der Waals surface area contributed by atoms with Crippen molar-refractivity contribution in [1.82, 2.24) is 5.32 Å². The Labute approximate surface area is 89.4 Å². The van der Waals surface area contributed by atoms with E-state index in [2.05, 4.69) is 5.32 Å². The number of hydrogen-bond donors (Lipinski definition) is 1. The number of benzene rings is 1. The number of nitrogens with one attached hydrogen (secondary N) is 1. The van der Waals surface area contributed by atoms with Crippen LogP contribution in [0.2, 0.25) is 0 Å². The maximum absolute atomic E-state index is 13.0. The minimum absolute atomic E-state index is 0.176. The molecule has 1 aliphatic rings. The molecule has 0 spiro atoms. The predicted octanol–water partition coefficient (Wildman–Crippen LogP) is 2.12. The van der Waals surface area contributed by atoms with E-state index < -0.39 is 0 Å². The van der Waals surface area contributed by atoms with E-state index in [0.29, 0.717) is 11.5 Å². The first-order chi connectivity index (χ1) is 7.25. The summed E-state index contributed by atoms with van der Waals surface area (Å²) in [6.07, 6.45) is 1.17. The van der Waals surface area contributed by atoms with Crippen molar-refractivity contribution in [3.05, 3.63) is 29.6 Å². The van der Waals surface area contributed by atoms with Crippen molar-refractivity contribution in [1.29, 1.82) is 0 Å². The van der Waals surface area contributed by atoms with Crippen LogP contribution in [0, 0.1) is 18.7 Å². The first-order valence-electron chi connectivity index (χ1n) is 5.35. The normalized spacial score (nSPS) is 20.5. The van der Waals surface area contributed by atoms with Crippen LogP contribution in [-0.2, 0) is 0 Å². The van der Waals surface area contributed by atoms with Gasteiger partial charge in [-0.25, -0.2) is 4.39 Å². The molecule has 2 nitrogen and oxygen atoms in total. The molecule has 0 radical (unpaired) electrons. The minimum atomic E-state index is -0.176. The van der Waals surface area contributed by atoms with Gasteiger partial charge in [-0.1, -0.05) is 0 Å². The van der Waals surface area contributed by atoms with Crippen LogP contribution < -0.4 is 10.1 Å². The minimum Gasteiger partial charge on any atom is -0.493 e. The third-order valence-corrected chi connectivity index (χ3v) is 2.78. The van der Waals surface area contributed by atoms with E-state index in [1.165, 1.54) is 12.5 Å². The third-order valence-electron chi connectivity index (χ3n) is 2.78. The largest absolute Gasteiger partial charge is 0.493 e. The smallest absolute Gasteiger partial charge is 0.126 e. The molecule has 82 valence electrons. The molecule has 0 aliphatic carbocycles. The van der Waals surface area contributed by atoms with Gasteiger partial charge in [0.1, 0.15) is 11.6 Å². The fourth-order valence-electron chi connectivity index (χ4n) is 1.78. The summed E-state index contributed by atoms with van der Waals surface area (Å²) in [7, 11) is 0. The highest BCUT2D eigenvalue weighted by Gasteiger charge is 2.14. The van der Waals surface area contributed by atoms with Crippen LogP contribution >= 0.6 is 0 Å². The van der Waals surface area contributed by atoms with Crippen molar-refractivity contribution >= 4 is 0 Å². The summed E-state index contributed by atoms with van der Waals surface area (Å²) in [5, 5.41) is 3.29. The van der Waals surface area contributed by atoms with Crippen LogP contribution in [-0.4, -0.2) is 19.7 Å². The molecule has 0 unspecified atom stereocenters. The van der Waals surface area contributed by atoms with E-state index in [-0.39, 0.29) is 5.82 Å². The van der Waals surface area contributed by atoms with Gasteiger partial charge < -0.3 is 10.1 Å². The third kappa shape index (κ3) is 2.69. The van der Waals surface area contributed by atoms with Crippen molar-refractivity contribution in [2.45, 2.75) is 13.3 Å². The Morgan fingerprint density at radius 2 is 2.40 bits per heavy atom. The zero-order valence-corrected chi connectivity index (χ0v) is 8.92. The van der Waals surface area contributed by atoms with Gasteiger partial charge in [0.25, 0.3) is 0 Å². The number of rotatable bonds is 3. The van der Waals surface area contributed by atoms with Gasteiger partial charge in [-0.15, -0.1) is 0 Å². The molecule has 1 heterocycles. The van der Waals surface area contributed by atoms with E-state index >= 15 is 0 Å². The fourth-order valence-corrected chi connectivity index (χ4v) is 1.78. The molecular formula is C12H16FNO. The highest BCUT2D eigenvalue weighted by Crippen LogP contribution is 2.17. The van der Waals surface area contributed by atoms with Crippen molar-refractivity contribution in [2.75, 3.05) is 19.7 Å². The summed E-state index contributed by atoms with van der Waals surface area (Å²) < 4.78 is 18.6. The first kappa shape index (κ1) is 10.4. The topological polar surface area (TPSA) is 21.3 Å². The molecule has 1 aromatic rings. The van der Waals surface area contributed by atoms with Gasteiger partial charge in [-0.05, 0) is 43.7 Å². The maximum atomic E-state index is 13.0. The first-order valence-corrected chi connectivity index (χ1v) is 5.35. The molecule has 1 aromatic carbocycles. The molecule has 1 atom stereocenters. The Kier molecular flexibility index (Phi) is 3.21. The van der Waals surface area contributed by atoms with Crippen molar-refractivity contribution in [3.63, 3.8) is 0 Å². The molecular weight excluding hydrogens is 193 g/mol. The Morgan fingerprint density at radius 3 is 3.07 bits per heavy atom. The molecule has 1 N–H and O–H groups in total. The second-order valence-electron chi connectivity index (χ2n) is 4.08. The van der Waals surface area contributed by atoms with Crippen LogP contribution in [0.5, 0.6) is 5.75 Å². The molecule has 0 saturated carbocycles. The molecule has 3 heteroatoms. The van der Waals surface area contributed by atoms with E-state index in [4.69, 9.17) is 4.74 Å². The van der Waals surface area contributed by atoms with Gasteiger partial charge >= 0.3 is 0 Å². The lowest BCUT2D eigenvalue weighted by atomic mass is 10.1. The van der Waals surface area contributed by atoms with E-state index in [0.717, 1.165) is 25.4 Å². The summed E-state index contributed by atoms with van der Waals surface area (Å²) in [5.74, 6) is 1.18. The average molecular weight is 209 g/mol. The van der Waals surface area contributed by atoms with Crippen LogP contribution in [0.25, 0.3) is 0 Å². The lowest BCUT2D eigenvalue weighted by Gasteiger charge is -2.11. The van der Waals surface area contributed by atoms with Crippen molar-refractivity contribution in [2.24, 2.45) is 5.92 Å². The zero-order valence-electron chi connectivity index (χ0n) is 8.92. The quantitative estimate of drug-likeness (QED) is 0.823. The van der Waals surface area contributed by atoms with Crippen LogP contribution in [0.1, 0.15) is 12.0 Å². The summed E-state index contributed by atoms with van der Waals surface area (Å²) in [5.41, 5.74) is 0.636. The Balaban J connectivity index is 1.90. The van der Waals surface area contributed by atoms with Crippen LogP contribution in [0.15, 0.2) is 18.2 Å². The molecule has 0 amide bonds. The van der Waals surface area contributed by atoms with E-state index in [1.54, 1.807) is 19.1 Å². The number of hydrogen-bond acceptors (Lipinski definition) is 2. The number of halogens is 1. The predicted molar refractivity (Wildman–Crippen MR) is 57.6 cm³/mol. The van der Waals surface area contributed by atoms with Gasteiger partial charge in [0.2, 0.25) is 0 Å². The van der Waals surface area contributed by atoms with Crippen molar-refractivity contribution < 1.29 is 9.13 Å². The maximum Gasteiger partial charge on any atom is 0.126 e.